The van der Waals surface area contributed by atoms with Crippen LogP contribution < -0.4 is 19.9 Å². The highest BCUT2D eigenvalue weighted by molar-refractivity contribution is 7.89. The Morgan fingerprint density at radius 2 is 1.79 bits per heavy atom. The van der Waals surface area contributed by atoms with Crippen LogP contribution in [0.25, 0.3) is 0 Å². The molecule has 0 atom stereocenters. The van der Waals surface area contributed by atoms with Crippen molar-refractivity contribution in [3.63, 3.8) is 0 Å². The predicted octanol–water partition coefficient (Wildman–Crippen LogP) is 2.20. The molecule has 8 nitrogen and oxygen atoms in total. The number of likely N-dealkylation sites (N-methyl/N-ethyl adjacent to an activating group) is 1. The van der Waals surface area contributed by atoms with Gasteiger partial charge in [-0.05, 0) is 55.4 Å². The van der Waals surface area contributed by atoms with Gasteiger partial charge in [-0.2, -0.15) is 0 Å². The first kappa shape index (κ1) is 22.7. The van der Waals surface area contributed by atoms with Crippen molar-refractivity contribution in [1.29, 1.82) is 0 Å². The minimum absolute atomic E-state index is 0.00451. The van der Waals surface area contributed by atoms with Gasteiger partial charge in [0.05, 0.1) is 25.2 Å². The zero-order valence-corrected chi connectivity index (χ0v) is 17.7. The number of nitrogens with two attached hydrogens (primary N) is 1. The molecular formula is C20H27N3O5S. The van der Waals surface area contributed by atoms with Gasteiger partial charge in [0.2, 0.25) is 15.9 Å². The Labute approximate surface area is 171 Å². The van der Waals surface area contributed by atoms with Crippen LogP contribution in [-0.4, -0.2) is 46.0 Å². The van der Waals surface area contributed by atoms with Gasteiger partial charge in [-0.15, -0.1) is 0 Å². The molecule has 2 rings (SSSR count). The number of nitrogens with zero attached hydrogens (tertiary/aromatic N) is 1. The molecule has 0 aromatic heterocycles. The summed E-state index contributed by atoms with van der Waals surface area (Å²) in [5.74, 6) is 1.13. The van der Waals surface area contributed by atoms with E-state index in [0.29, 0.717) is 36.9 Å². The second-order valence-electron chi connectivity index (χ2n) is 6.34. The number of hydrogen-bond acceptors (Lipinski definition) is 6. The number of sulfonamides is 1. The van der Waals surface area contributed by atoms with E-state index >= 15 is 0 Å². The van der Waals surface area contributed by atoms with Gasteiger partial charge in [-0.3, -0.25) is 9.69 Å². The van der Waals surface area contributed by atoms with Crippen LogP contribution in [0.15, 0.2) is 47.4 Å². The molecule has 0 aliphatic heterocycles. The van der Waals surface area contributed by atoms with Gasteiger partial charge in [0.25, 0.3) is 0 Å². The zero-order chi connectivity index (χ0) is 21.4. The Balaban J connectivity index is 1.99. The number of hydrogen-bond donors (Lipinski definition) is 2. The van der Waals surface area contributed by atoms with Crippen LogP contribution in [0.3, 0.4) is 0 Å². The maximum atomic E-state index is 12.4. The lowest BCUT2D eigenvalue weighted by Crippen LogP contribution is -2.32. The number of anilines is 1. The first-order chi connectivity index (χ1) is 13.8. The Hall–Kier alpha value is -2.62. The van der Waals surface area contributed by atoms with Crippen molar-refractivity contribution in [3.8, 4) is 11.5 Å². The molecule has 9 heteroatoms. The minimum atomic E-state index is -3.76. The summed E-state index contributed by atoms with van der Waals surface area (Å²) in [5.41, 5.74) is 1.50. The van der Waals surface area contributed by atoms with Gasteiger partial charge >= 0.3 is 0 Å². The summed E-state index contributed by atoms with van der Waals surface area (Å²) in [6, 6.07) is 11.4. The summed E-state index contributed by atoms with van der Waals surface area (Å²) >= 11 is 0. The van der Waals surface area contributed by atoms with E-state index < -0.39 is 10.0 Å². The van der Waals surface area contributed by atoms with E-state index in [0.717, 1.165) is 5.56 Å². The molecule has 1 amide bonds. The molecular weight excluding hydrogens is 394 g/mol. The normalized spacial score (nSPS) is 11.3. The van der Waals surface area contributed by atoms with Crippen LogP contribution in [0, 0.1) is 0 Å². The van der Waals surface area contributed by atoms with E-state index in [4.69, 9.17) is 14.6 Å². The molecule has 2 aromatic rings. The van der Waals surface area contributed by atoms with Crippen molar-refractivity contribution in [2.75, 3.05) is 32.1 Å². The third kappa shape index (κ3) is 6.74. The molecule has 0 saturated carbocycles. The predicted molar refractivity (Wildman–Crippen MR) is 112 cm³/mol. The average molecular weight is 422 g/mol. The zero-order valence-electron chi connectivity index (χ0n) is 16.8. The number of carbonyl (C=O) groups is 1. The first-order valence-corrected chi connectivity index (χ1v) is 10.8. The number of carbonyl (C=O) groups excluding carboxylic acids is 1. The van der Waals surface area contributed by atoms with Crippen molar-refractivity contribution in [1.82, 2.24) is 4.90 Å². The molecule has 0 fully saturated rings. The summed E-state index contributed by atoms with van der Waals surface area (Å²) in [6.07, 6.45) is 0. The molecule has 0 unspecified atom stereocenters. The number of ether oxygens (including phenoxy) is 2. The lowest BCUT2D eigenvalue weighted by molar-refractivity contribution is -0.117. The SMILES string of the molecule is CCOc1ccc(CN(CC)CC(=O)Nc2ccc(S(N)(=O)=O)cc2)cc1OC. The fourth-order valence-corrected chi connectivity index (χ4v) is 3.27. The third-order valence-corrected chi connectivity index (χ3v) is 5.14. The topological polar surface area (TPSA) is 111 Å². The summed E-state index contributed by atoms with van der Waals surface area (Å²) in [7, 11) is -2.17. The van der Waals surface area contributed by atoms with Crippen molar-refractivity contribution < 1.29 is 22.7 Å². The number of primary sulfonamides is 1. The Morgan fingerprint density at radius 1 is 1.10 bits per heavy atom. The van der Waals surface area contributed by atoms with Gasteiger partial charge in [-0.25, -0.2) is 13.6 Å². The van der Waals surface area contributed by atoms with Gasteiger partial charge in [-0.1, -0.05) is 13.0 Å². The standard InChI is InChI=1S/C20H27N3O5S/c1-4-23(13-15-6-11-18(28-5-2)19(12-15)27-3)14-20(24)22-16-7-9-17(10-8-16)29(21,25)26/h6-12H,4-5,13-14H2,1-3H3,(H,22,24)(H2,21,25,26). The van der Waals surface area contributed by atoms with E-state index in [9.17, 15) is 13.2 Å². The second kappa shape index (κ2) is 10.2. The second-order valence-corrected chi connectivity index (χ2v) is 7.90. The van der Waals surface area contributed by atoms with Crippen molar-refractivity contribution in [3.05, 3.63) is 48.0 Å². The molecule has 29 heavy (non-hydrogen) atoms. The number of methoxy groups -OCH3 is 1. The average Bonchev–Trinajstić information content (AvgIpc) is 2.68. The van der Waals surface area contributed by atoms with Crippen molar-refractivity contribution >= 4 is 21.6 Å². The summed E-state index contributed by atoms with van der Waals surface area (Å²) < 4.78 is 33.5. The summed E-state index contributed by atoms with van der Waals surface area (Å²) in [4.78, 5) is 14.3. The van der Waals surface area contributed by atoms with Crippen LogP contribution in [0.1, 0.15) is 19.4 Å². The Morgan fingerprint density at radius 3 is 2.34 bits per heavy atom. The van der Waals surface area contributed by atoms with Gasteiger partial charge < -0.3 is 14.8 Å². The fraction of sp³-hybridized carbons (Fsp3) is 0.350. The van der Waals surface area contributed by atoms with Gasteiger partial charge in [0, 0.05) is 12.2 Å². The number of benzene rings is 2. The molecule has 0 saturated heterocycles. The summed E-state index contributed by atoms with van der Waals surface area (Å²) in [5, 5.41) is 7.83. The van der Waals surface area contributed by atoms with E-state index in [1.54, 1.807) is 7.11 Å². The molecule has 0 aliphatic carbocycles. The molecule has 3 N–H and O–H groups in total. The number of rotatable bonds is 10. The van der Waals surface area contributed by atoms with Crippen molar-refractivity contribution in [2.45, 2.75) is 25.3 Å². The van der Waals surface area contributed by atoms with Crippen LogP contribution in [0.2, 0.25) is 0 Å². The minimum Gasteiger partial charge on any atom is -0.493 e. The molecule has 158 valence electrons. The molecule has 0 radical (unpaired) electrons. The van der Waals surface area contributed by atoms with Gasteiger partial charge in [0.15, 0.2) is 11.5 Å². The monoisotopic (exact) mass is 421 g/mol. The molecule has 0 aliphatic rings. The number of nitrogens with one attached hydrogen (secondary N) is 1. The third-order valence-electron chi connectivity index (χ3n) is 4.22. The highest BCUT2D eigenvalue weighted by atomic mass is 32.2. The van der Waals surface area contributed by atoms with Crippen molar-refractivity contribution in [2.24, 2.45) is 5.14 Å². The summed E-state index contributed by atoms with van der Waals surface area (Å²) in [6.45, 7) is 5.86. The van der Waals surface area contributed by atoms with Crippen LogP contribution >= 0.6 is 0 Å². The van der Waals surface area contributed by atoms with Crippen LogP contribution in [-0.2, 0) is 21.4 Å². The van der Waals surface area contributed by atoms with E-state index in [2.05, 4.69) is 5.32 Å². The molecule has 0 bridgehead atoms. The van der Waals surface area contributed by atoms with E-state index in [1.165, 1.54) is 24.3 Å². The maximum Gasteiger partial charge on any atom is 0.238 e. The first-order valence-electron chi connectivity index (χ1n) is 9.21. The van der Waals surface area contributed by atoms with E-state index in [1.807, 2.05) is 36.9 Å². The van der Waals surface area contributed by atoms with Crippen LogP contribution in [0.4, 0.5) is 5.69 Å². The largest absolute Gasteiger partial charge is 0.493 e. The Kier molecular flexibility index (Phi) is 8.00. The molecule has 0 spiro atoms. The maximum absolute atomic E-state index is 12.4. The highest BCUT2D eigenvalue weighted by Gasteiger charge is 2.13. The number of amides is 1. The fourth-order valence-electron chi connectivity index (χ4n) is 2.75. The molecule has 0 heterocycles. The quantitative estimate of drug-likeness (QED) is 0.608. The van der Waals surface area contributed by atoms with Crippen LogP contribution in [0.5, 0.6) is 11.5 Å². The Bertz CT molecular complexity index is 930. The highest BCUT2D eigenvalue weighted by Crippen LogP contribution is 2.28. The lowest BCUT2D eigenvalue weighted by Gasteiger charge is -2.21. The van der Waals surface area contributed by atoms with Gasteiger partial charge in [0.1, 0.15) is 0 Å². The smallest absolute Gasteiger partial charge is 0.238 e. The van der Waals surface area contributed by atoms with E-state index in [-0.39, 0.29) is 17.3 Å². The lowest BCUT2D eigenvalue weighted by atomic mass is 10.2. The molecule has 2 aromatic carbocycles.